The molecule has 2 rings (SSSR count). The standard InChI is InChI=1S/C15H15FN2O3S/c16-8-12(15(20)21)18-13(19)7-11-9-22-14(17-11)6-10-4-2-1-3-5-10/h1-5,9,12H,6-8H2,(H,18,19)(H,20,21). The normalized spacial score (nSPS) is 11.9. The molecule has 1 aromatic heterocycles. The van der Waals surface area contributed by atoms with Crippen LogP contribution < -0.4 is 5.32 Å². The second kappa shape index (κ2) is 7.65. The number of aliphatic carboxylic acids is 1. The molecular weight excluding hydrogens is 307 g/mol. The molecule has 0 aliphatic rings. The van der Waals surface area contributed by atoms with Crippen LogP contribution in [-0.2, 0) is 22.4 Å². The molecule has 0 fully saturated rings. The highest BCUT2D eigenvalue weighted by Gasteiger charge is 2.20. The van der Waals surface area contributed by atoms with E-state index in [-0.39, 0.29) is 6.42 Å². The van der Waals surface area contributed by atoms with Crippen LogP contribution in [0.2, 0.25) is 0 Å². The zero-order valence-corrected chi connectivity index (χ0v) is 12.5. The molecule has 7 heteroatoms. The summed E-state index contributed by atoms with van der Waals surface area (Å²) in [5.74, 6) is -1.94. The molecule has 5 nitrogen and oxygen atoms in total. The van der Waals surface area contributed by atoms with Crippen LogP contribution in [0.3, 0.4) is 0 Å². The van der Waals surface area contributed by atoms with Crippen LogP contribution in [-0.4, -0.2) is 34.7 Å². The number of rotatable bonds is 7. The molecule has 0 spiro atoms. The lowest BCUT2D eigenvalue weighted by Crippen LogP contribution is -2.43. The zero-order chi connectivity index (χ0) is 15.9. The highest BCUT2D eigenvalue weighted by atomic mass is 32.1. The van der Waals surface area contributed by atoms with E-state index in [9.17, 15) is 14.0 Å². The molecule has 0 radical (unpaired) electrons. The quantitative estimate of drug-likeness (QED) is 0.815. The second-order valence-electron chi connectivity index (χ2n) is 4.68. The van der Waals surface area contributed by atoms with Crippen LogP contribution in [0.5, 0.6) is 0 Å². The second-order valence-corrected chi connectivity index (χ2v) is 5.63. The summed E-state index contributed by atoms with van der Waals surface area (Å²) in [4.78, 5) is 26.7. The smallest absolute Gasteiger partial charge is 0.328 e. The Morgan fingerprint density at radius 3 is 2.68 bits per heavy atom. The highest BCUT2D eigenvalue weighted by Crippen LogP contribution is 2.15. The maximum Gasteiger partial charge on any atom is 0.328 e. The topological polar surface area (TPSA) is 79.3 Å². The Kier molecular flexibility index (Phi) is 5.60. The summed E-state index contributed by atoms with van der Waals surface area (Å²) < 4.78 is 12.4. The van der Waals surface area contributed by atoms with Gasteiger partial charge in [-0.05, 0) is 5.56 Å². The fraction of sp³-hybridized carbons (Fsp3) is 0.267. The van der Waals surface area contributed by atoms with Gasteiger partial charge in [0, 0.05) is 11.8 Å². The Morgan fingerprint density at radius 1 is 1.32 bits per heavy atom. The number of aromatic nitrogens is 1. The first-order valence-electron chi connectivity index (χ1n) is 6.64. The van der Waals surface area contributed by atoms with E-state index in [0.717, 1.165) is 10.6 Å². The first-order valence-corrected chi connectivity index (χ1v) is 7.51. The van der Waals surface area contributed by atoms with Gasteiger partial charge in [0.25, 0.3) is 0 Å². The van der Waals surface area contributed by atoms with Crippen LogP contribution >= 0.6 is 11.3 Å². The Bertz CT molecular complexity index is 645. The maximum absolute atomic E-state index is 12.4. The third-order valence-corrected chi connectivity index (χ3v) is 3.82. The van der Waals surface area contributed by atoms with Gasteiger partial charge in [0.1, 0.15) is 6.67 Å². The summed E-state index contributed by atoms with van der Waals surface area (Å²) in [6.07, 6.45) is 0.616. The van der Waals surface area contributed by atoms with E-state index < -0.39 is 24.6 Å². The van der Waals surface area contributed by atoms with Gasteiger partial charge in [-0.3, -0.25) is 4.79 Å². The van der Waals surface area contributed by atoms with Crippen LogP contribution in [0.4, 0.5) is 4.39 Å². The number of carboxylic acid groups (broad SMARTS) is 1. The van der Waals surface area contributed by atoms with Crippen molar-refractivity contribution in [3.05, 3.63) is 52.0 Å². The minimum Gasteiger partial charge on any atom is -0.480 e. The monoisotopic (exact) mass is 322 g/mol. The van der Waals surface area contributed by atoms with Crippen LogP contribution in [0, 0.1) is 0 Å². The zero-order valence-electron chi connectivity index (χ0n) is 11.7. The third kappa shape index (κ3) is 4.63. The van der Waals surface area contributed by atoms with Crippen molar-refractivity contribution in [2.75, 3.05) is 6.67 Å². The fourth-order valence-electron chi connectivity index (χ4n) is 1.86. The van der Waals surface area contributed by atoms with E-state index in [1.165, 1.54) is 11.3 Å². The van der Waals surface area contributed by atoms with E-state index in [0.29, 0.717) is 12.1 Å². The Hall–Kier alpha value is -2.28. The lowest BCUT2D eigenvalue weighted by molar-refractivity contribution is -0.142. The first kappa shape index (κ1) is 16.1. The summed E-state index contributed by atoms with van der Waals surface area (Å²) >= 11 is 1.44. The molecule has 1 unspecified atom stereocenters. The summed E-state index contributed by atoms with van der Waals surface area (Å²) in [6.45, 7) is -1.14. The fourth-order valence-corrected chi connectivity index (χ4v) is 2.69. The number of alkyl halides is 1. The molecule has 2 aromatic rings. The van der Waals surface area contributed by atoms with Crippen LogP contribution in [0.15, 0.2) is 35.7 Å². The van der Waals surface area contributed by atoms with Crippen molar-refractivity contribution >= 4 is 23.2 Å². The number of carboxylic acids is 1. The van der Waals surface area contributed by atoms with Crippen LogP contribution in [0.1, 0.15) is 16.3 Å². The number of thiazole rings is 1. The average Bonchev–Trinajstić information content (AvgIpc) is 2.92. The molecule has 1 atom stereocenters. The van der Waals surface area contributed by atoms with Gasteiger partial charge in [0.2, 0.25) is 5.91 Å². The molecule has 0 aliphatic carbocycles. The molecule has 0 aliphatic heterocycles. The van der Waals surface area contributed by atoms with E-state index in [2.05, 4.69) is 10.3 Å². The number of nitrogens with zero attached hydrogens (tertiary/aromatic N) is 1. The van der Waals surface area contributed by atoms with E-state index in [4.69, 9.17) is 5.11 Å². The van der Waals surface area contributed by atoms with Crippen molar-refractivity contribution in [1.29, 1.82) is 0 Å². The molecule has 0 saturated heterocycles. The number of carbonyl (C=O) groups excluding carboxylic acids is 1. The number of carbonyl (C=O) groups is 2. The third-order valence-electron chi connectivity index (χ3n) is 2.93. The molecule has 2 N–H and O–H groups in total. The van der Waals surface area contributed by atoms with E-state index in [1.54, 1.807) is 5.38 Å². The first-order chi connectivity index (χ1) is 10.6. The van der Waals surface area contributed by atoms with E-state index >= 15 is 0 Å². The highest BCUT2D eigenvalue weighted by molar-refractivity contribution is 7.09. The molecule has 1 heterocycles. The molecule has 0 bridgehead atoms. The van der Waals surface area contributed by atoms with Gasteiger partial charge in [-0.2, -0.15) is 0 Å². The minimum absolute atomic E-state index is 0.0604. The largest absolute Gasteiger partial charge is 0.480 e. The van der Waals surface area contributed by atoms with Gasteiger partial charge in [-0.1, -0.05) is 30.3 Å². The summed E-state index contributed by atoms with van der Waals surface area (Å²) in [5, 5.41) is 13.4. The van der Waals surface area contributed by atoms with Crippen molar-refractivity contribution in [1.82, 2.24) is 10.3 Å². The lowest BCUT2D eigenvalue weighted by Gasteiger charge is -2.09. The van der Waals surface area contributed by atoms with Gasteiger partial charge < -0.3 is 10.4 Å². The molecule has 116 valence electrons. The van der Waals surface area contributed by atoms with Crippen molar-refractivity contribution in [3.63, 3.8) is 0 Å². The van der Waals surface area contributed by atoms with Gasteiger partial charge in [-0.15, -0.1) is 11.3 Å². The lowest BCUT2D eigenvalue weighted by atomic mass is 10.2. The van der Waals surface area contributed by atoms with Crippen molar-refractivity contribution < 1.29 is 19.1 Å². The number of nitrogens with one attached hydrogen (secondary N) is 1. The SMILES string of the molecule is O=C(Cc1csc(Cc2ccccc2)n1)NC(CF)C(=O)O. The number of hydrogen-bond acceptors (Lipinski definition) is 4. The summed E-state index contributed by atoms with van der Waals surface area (Å²) in [6, 6.07) is 8.31. The predicted octanol–water partition coefficient (Wildman–Crippen LogP) is 1.82. The number of benzene rings is 1. The molecule has 22 heavy (non-hydrogen) atoms. The molecular formula is C15H15FN2O3S. The van der Waals surface area contributed by atoms with Crippen LogP contribution in [0.25, 0.3) is 0 Å². The minimum atomic E-state index is -1.50. The van der Waals surface area contributed by atoms with E-state index in [1.807, 2.05) is 30.3 Å². The Balaban J connectivity index is 1.91. The van der Waals surface area contributed by atoms with Gasteiger partial charge >= 0.3 is 5.97 Å². The summed E-state index contributed by atoms with van der Waals surface area (Å²) in [5.41, 5.74) is 1.67. The molecule has 1 amide bonds. The average molecular weight is 322 g/mol. The van der Waals surface area contributed by atoms with Gasteiger partial charge in [0.15, 0.2) is 6.04 Å². The maximum atomic E-state index is 12.4. The van der Waals surface area contributed by atoms with Gasteiger partial charge in [0.05, 0.1) is 17.1 Å². The number of halogens is 1. The number of amides is 1. The summed E-state index contributed by atoms with van der Waals surface area (Å²) in [7, 11) is 0. The Morgan fingerprint density at radius 2 is 2.05 bits per heavy atom. The Labute approximate surface area is 130 Å². The molecule has 1 aromatic carbocycles. The van der Waals surface area contributed by atoms with Gasteiger partial charge in [-0.25, -0.2) is 14.2 Å². The molecule has 0 saturated carbocycles. The van der Waals surface area contributed by atoms with Crippen molar-refractivity contribution in [2.24, 2.45) is 0 Å². The van der Waals surface area contributed by atoms with Crippen molar-refractivity contribution in [3.8, 4) is 0 Å². The predicted molar refractivity (Wildman–Crippen MR) is 80.6 cm³/mol. The van der Waals surface area contributed by atoms with Crippen molar-refractivity contribution in [2.45, 2.75) is 18.9 Å². The number of hydrogen-bond donors (Lipinski definition) is 2.